The molecule has 0 amide bonds. The van der Waals surface area contributed by atoms with Crippen LogP contribution in [0, 0.1) is 29.1 Å². The first-order chi connectivity index (χ1) is 22.6. The van der Waals surface area contributed by atoms with Crippen molar-refractivity contribution in [2.24, 2.45) is 29.1 Å². The lowest BCUT2D eigenvalue weighted by molar-refractivity contribution is 0.00321. The Balaban J connectivity index is 1.19. The lowest BCUT2D eigenvalue weighted by atomic mass is 9.56. The fourth-order valence-electron chi connectivity index (χ4n) is 14.5. The van der Waals surface area contributed by atoms with Gasteiger partial charge in [0, 0.05) is 55.9 Å². The Morgan fingerprint density at radius 2 is 1.33 bits per heavy atom. The summed E-state index contributed by atoms with van der Waals surface area (Å²) in [6.07, 6.45) is 17.9. The maximum atomic E-state index is 14.6. The zero-order chi connectivity index (χ0) is 29.4. The second-order valence-corrected chi connectivity index (χ2v) is 17.4. The van der Waals surface area contributed by atoms with Gasteiger partial charge in [0.2, 0.25) is 0 Å². The summed E-state index contributed by atoms with van der Waals surface area (Å²) < 4.78 is 2.54. The molecule has 0 N–H and O–H groups in total. The van der Waals surface area contributed by atoms with E-state index in [1.807, 2.05) is 6.07 Å². The van der Waals surface area contributed by atoms with E-state index in [1.54, 1.807) is 5.56 Å². The molecule has 224 valence electrons. The highest BCUT2D eigenvalue weighted by atomic mass is 16.1. The highest BCUT2D eigenvalue weighted by Gasteiger charge is 2.66. The van der Waals surface area contributed by atoms with Crippen LogP contribution in [-0.4, -0.2) is 20.2 Å². The number of ketones is 1. The van der Waals surface area contributed by atoms with E-state index in [1.165, 1.54) is 119 Å². The van der Waals surface area contributed by atoms with Gasteiger partial charge in [-0.25, -0.2) is 0 Å². The molecule has 7 unspecified atom stereocenters. The Morgan fingerprint density at radius 3 is 2.15 bits per heavy atom. The predicted molar refractivity (Wildman–Crippen MR) is 179 cm³/mol. The molecule has 0 radical (unpaired) electrons. The van der Waals surface area contributed by atoms with Crippen molar-refractivity contribution in [2.75, 3.05) is 0 Å². The standard InChI is InChI=1S/C42H35N3O/c46-41-27-4-2-1-3-26(27)28-13-29-34-30(16-43-38-21-8-18-5-19(9-21)7-20(6-18)32(34)38)45-31-17-44-39-23-11-25-12-24-10-22(14-42(24,25)15-23)33(39)36(31)37(35(28)41)40(29)45/h1-4,13,16-25H,5-12,14-15H2. The summed E-state index contributed by atoms with van der Waals surface area (Å²) in [4.78, 5) is 25.4. The minimum Gasteiger partial charge on any atom is -0.305 e. The SMILES string of the molecule is O=C1c2ccccc2-c2cc3c4c5c(ncc4n4c6cnc7c(c6c(c21)c34)C1CC2CC3CC7CC32C1)C1CC2CC(C1)CC5C2. The zero-order valence-corrected chi connectivity index (χ0v) is 26.0. The van der Waals surface area contributed by atoms with E-state index >= 15 is 0 Å². The fourth-order valence-corrected chi connectivity index (χ4v) is 14.5. The summed E-state index contributed by atoms with van der Waals surface area (Å²) >= 11 is 0. The van der Waals surface area contributed by atoms with E-state index in [0.717, 1.165) is 45.9 Å². The van der Waals surface area contributed by atoms with Crippen molar-refractivity contribution in [3.05, 3.63) is 76.4 Å². The lowest BCUT2D eigenvalue weighted by Crippen LogP contribution is -2.41. The summed E-state index contributed by atoms with van der Waals surface area (Å²) in [6, 6.07) is 10.8. The first-order valence-electron chi connectivity index (χ1n) is 18.4. The van der Waals surface area contributed by atoms with Gasteiger partial charge < -0.3 is 4.40 Å². The smallest absolute Gasteiger partial charge is 0.194 e. The third-order valence-corrected chi connectivity index (χ3v) is 15.8. The number of carbonyl (C=O) groups excluding carboxylic acids is 1. The van der Waals surface area contributed by atoms with Crippen LogP contribution in [0.1, 0.15) is 126 Å². The van der Waals surface area contributed by atoms with E-state index in [-0.39, 0.29) is 5.78 Å². The average molecular weight is 598 g/mol. The Bertz CT molecular complexity index is 2470. The van der Waals surface area contributed by atoms with Crippen molar-refractivity contribution in [2.45, 2.75) is 87.9 Å². The van der Waals surface area contributed by atoms with Gasteiger partial charge in [0.15, 0.2) is 5.78 Å². The van der Waals surface area contributed by atoms with Gasteiger partial charge >= 0.3 is 0 Å². The minimum absolute atomic E-state index is 0.214. The molecule has 1 spiro atoms. The Morgan fingerprint density at radius 1 is 0.652 bits per heavy atom. The normalized spacial score (nSPS) is 36.8. The Hall–Kier alpha value is -3.79. The summed E-state index contributed by atoms with van der Waals surface area (Å²) in [5.74, 6) is 6.11. The van der Waals surface area contributed by atoms with E-state index in [0.29, 0.717) is 29.1 Å². The number of rotatable bonds is 0. The largest absolute Gasteiger partial charge is 0.305 e. The van der Waals surface area contributed by atoms with Crippen molar-refractivity contribution in [1.82, 2.24) is 14.4 Å². The number of benzene rings is 2. The first-order valence-corrected chi connectivity index (χ1v) is 18.4. The molecule has 4 heterocycles. The van der Waals surface area contributed by atoms with E-state index in [2.05, 4.69) is 41.1 Å². The van der Waals surface area contributed by atoms with Crippen LogP contribution < -0.4 is 0 Å². The third-order valence-electron chi connectivity index (χ3n) is 15.8. The topological polar surface area (TPSA) is 47.3 Å². The molecule has 9 aliphatic rings. The molecule has 46 heavy (non-hydrogen) atoms. The van der Waals surface area contributed by atoms with Crippen LogP contribution in [0.15, 0.2) is 42.7 Å². The molecular formula is C42H35N3O. The highest BCUT2D eigenvalue weighted by Crippen LogP contribution is 2.76. The maximum Gasteiger partial charge on any atom is 0.194 e. The zero-order valence-electron chi connectivity index (χ0n) is 26.0. The summed E-state index contributed by atoms with van der Waals surface area (Å²) in [5.41, 5.74) is 14.3. The molecule has 9 aliphatic carbocycles. The number of pyridine rings is 2. The van der Waals surface area contributed by atoms with Crippen molar-refractivity contribution < 1.29 is 4.79 Å². The van der Waals surface area contributed by atoms with Crippen LogP contribution in [-0.2, 0) is 0 Å². The number of carbonyl (C=O) groups is 1. The van der Waals surface area contributed by atoms with Gasteiger partial charge in [-0.3, -0.25) is 14.8 Å². The molecule has 4 aromatic heterocycles. The quantitative estimate of drug-likeness (QED) is 0.175. The maximum absolute atomic E-state index is 14.6. The van der Waals surface area contributed by atoms with Gasteiger partial charge in [0.05, 0.1) is 28.9 Å². The number of hydrogen-bond donors (Lipinski definition) is 0. The molecule has 5 saturated carbocycles. The van der Waals surface area contributed by atoms with Gasteiger partial charge in [-0.2, -0.15) is 0 Å². The van der Waals surface area contributed by atoms with Crippen molar-refractivity contribution in [3.63, 3.8) is 0 Å². The molecule has 7 bridgehead atoms. The van der Waals surface area contributed by atoms with Crippen LogP contribution in [0.25, 0.3) is 49.2 Å². The molecular weight excluding hydrogens is 562 g/mol. The lowest BCUT2D eigenvalue weighted by Gasteiger charge is -2.48. The fraction of sp³-hybridized carbons (Fsp3) is 0.452. The van der Waals surface area contributed by atoms with Gasteiger partial charge in [0.1, 0.15) is 0 Å². The van der Waals surface area contributed by atoms with Gasteiger partial charge in [-0.1, -0.05) is 24.3 Å². The van der Waals surface area contributed by atoms with Crippen LogP contribution >= 0.6 is 0 Å². The monoisotopic (exact) mass is 597 g/mol. The third kappa shape index (κ3) is 2.32. The van der Waals surface area contributed by atoms with Gasteiger partial charge in [-0.05, 0) is 133 Å². The predicted octanol–water partition coefficient (Wildman–Crippen LogP) is 9.62. The molecule has 0 aliphatic heterocycles. The molecule has 2 aromatic carbocycles. The summed E-state index contributed by atoms with van der Waals surface area (Å²) in [6.45, 7) is 0. The van der Waals surface area contributed by atoms with Gasteiger partial charge in [-0.15, -0.1) is 0 Å². The average Bonchev–Trinajstić information content (AvgIpc) is 3.78. The molecule has 15 rings (SSSR count). The number of fused-ring (bicyclic) bond motifs is 16. The molecule has 4 heteroatoms. The molecule has 6 aromatic rings. The highest BCUT2D eigenvalue weighted by molar-refractivity contribution is 6.36. The molecule has 5 fully saturated rings. The Kier molecular flexibility index (Phi) is 3.68. The number of aromatic nitrogens is 3. The van der Waals surface area contributed by atoms with Crippen LogP contribution in [0.2, 0.25) is 0 Å². The van der Waals surface area contributed by atoms with Crippen LogP contribution in [0.5, 0.6) is 0 Å². The van der Waals surface area contributed by atoms with Crippen molar-refractivity contribution in [3.8, 4) is 11.1 Å². The van der Waals surface area contributed by atoms with Crippen molar-refractivity contribution >= 4 is 43.9 Å². The number of hydrogen-bond acceptors (Lipinski definition) is 3. The molecule has 4 nitrogen and oxygen atoms in total. The first kappa shape index (κ1) is 23.5. The van der Waals surface area contributed by atoms with E-state index < -0.39 is 0 Å². The second kappa shape index (κ2) is 7.20. The molecule has 7 atom stereocenters. The summed E-state index contributed by atoms with van der Waals surface area (Å²) in [7, 11) is 0. The number of nitrogens with zero attached hydrogens (tertiary/aromatic N) is 3. The van der Waals surface area contributed by atoms with Crippen molar-refractivity contribution in [1.29, 1.82) is 0 Å². The van der Waals surface area contributed by atoms with E-state index in [4.69, 9.17) is 9.97 Å². The van der Waals surface area contributed by atoms with Gasteiger partial charge in [0.25, 0.3) is 0 Å². The molecule has 0 saturated heterocycles. The van der Waals surface area contributed by atoms with E-state index in [9.17, 15) is 4.79 Å². The summed E-state index contributed by atoms with van der Waals surface area (Å²) in [5, 5.41) is 5.40. The second-order valence-electron chi connectivity index (χ2n) is 17.4. The Labute approximate surface area is 266 Å². The minimum atomic E-state index is 0.214. The van der Waals surface area contributed by atoms with Crippen LogP contribution in [0.3, 0.4) is 0 Å². The van der Waals surface area contributed by atoms with Crippen LogP contribution in [0.4, 0.5) is 0 Å².